The van der Waals surface area contributed by atoms with E-state index >= 15 is 0 Å². The Morgan fingerprint density at radius 1 is 1.22 bits per heavy atom. The molecule has 5 heteroatoms. The molecule has 1 amide bonds. The molecule has 2 rings (SSSR count). The molecule has 3 N–H and O–H groups in total. The van der Waals surface area contributed by atoms with E-state index in [4.69, 9.17) is 28.9 Å². The van der Waals surface area contributed by atoms with Gasteiger partial charge in [-0.15, -0.1) is 0 Å². The van der Waals surface area contributed by atoms with Crippen molar-refractivity contribution in [3.05, 3.63) is 33.8 Å². The summed E-state index contributed by atoms with van der Waals surface area (Å²) < 4.78 is 0. The second-order valence-corrected chi connectivity index (χ2v) is 5.47. The first-order valence-corrected chi connectivity index (χ1v) is 6.85. The monoisotopic (exact) mass is 286 g/mol. The van der Waals surface area contributed by atoms with Crippen molar-refractivity contribution in [2.75, 3.05) is 0 Å². The van der Waals surface area contributed by atoms with Gasteiger partial charge in [0, 0.05) is 17.6 Å². The zero-order valence-corrected chi connectivity index (χ0v) is 11.5. The summed E-state index contributed by atoms with van der Waals surface area (Å²) in [4.78, 5) is 12.1. The second kappa shape index (κ2) is 5.91. The van der Waals surface area contributed by atoms with Crippen LogP contribution in [-0.4, -0.2) is 18.0 Å². The third kappa shape index (κ3) is 3.16. The van der Waals surface area contributed by atoms with E-state index in [0.29, 0.717) is 15.6 Å². The number of carbonyl (C=O) groups excluding carboxylic acids is 1. The Morgan fingerprint density at radius 3 is 2.61 bits per heavy atom. The highest BCUT2D eigenvalue weighted by molar-refractivity contribution is 6.42. The van der Waals surface area contributed by atoms with Crippen LogP contribution in [0.3, 0.4) is 0 Å². The van der Waals surface area contributed by atoms with Crippen molar-refractivity contribution in [2.24, 2.45) is 5.73 Å². The van der Waals surface area contributed by atoms with Gasteiger partial charge in [0.05, 0.1) is 10.0 Å². The molecule has 0 bridgehead atoms. The fourth-order valence-corrected chi connectivity index (χ4v) is 2.53. The molecule has 18 heavy (non-hydrogen) atoms. The van der Waals surface area contributed by atoms with Crippen molar-refractivity contribution in [2.45, 2.75) is 37.8 Å². The molecule has 0 radical (unpaired) electrons. The van der Waals surface area contributed by atoms with Crippen LogP contribution < -0.4 is 11.1 Å². The van der Waals surface area contributed by atoms with E-state index in [1.54, 1.807) is 18.2 Å². The van der Waals surface area contributed by atoms with Crippen molar-refractivity contribution in [1.29, 1.82) is 0 Å². The van der Waals surface area contributed by atoms with Crippen LogP contribution >= 0.6 is 23.2 Å². The van der Waals surface area contributed by atoms with Crippen LogP contribution in [0.2, 0.25) is 10.0 Å². The quantitative estimate of drug-likeness (QED) is 0.878. The fourth-order valence-electron chi connectivity index (χ4n) is 2.23. The average molecular weight is 287 g/mol. The molecule has 1 aromatic rings. The van der Waals surface area contributed by atoms with Crippen molar-refractivity contribution < 1.29 is 4.79 Å². The summed E-state index contributed by atoms with van der Waals surface area (Å²) in [7, 11) is 0. The molecule has 0 aliphatic heterocycles. The molecule has 2 atom stereocenters. The maximum Gasteiger partial charge on any atom is 0.251 e. The van der Waals surface area contributed by atoms with Gasteiger partial charge in [-0.2, -0.15) is 0 Å². The molecule has 0 heterocycles. The highest BCUT2D eigenvalue weighted by Gasteiger charge is 2.23. The standard InChI is InChI=1S/C13H16Cl2N2O/c14-9-6-5-8(7-10(9)15)13(18)17-12-4-2-1-3-11(12)16/h5-7,11-12H,1-4,16H2,(H,17,18)/t11-,12+/m0/s1. The number of rotatable bonds is 2. The van der Waals surface area contributed by atoms with Crippen molar-refractivity contribution in [1.82, 2.24) is 5.32 Å². The molecule has 3 nitrogen and oxygen atoms in total. The van der Waals surface area contributed by atoms with E-state index in [0.717, 1.165) is 25.7 Å². The maximum atomic E-state index is 12.1. The van der Waals surface area contributed by atoms with E-state index in [-0.39, 0.29) is 18.0 Å². The van der Waals surface area contributed by atoms with Gasteiger partial charge in [-0.3, -0.25) is 4.79 Å². The van der Waals surface area contributed by atoms with Gasteiger partial charge in [-0.1, -0.05) is 36.0 Å². The van der Waals surface area contributed by atoms with Crippen LogP contribution in [0.25, 0.3) is 0 Å². The summed E-state index contributed by atoms with van der Waals surface area (Å²) in [5.74, 6) is -0.143. The summed E-state index contributed by atoms with van der Waals surface area (Å²) in [5, 5.41) is 3.80. The number of amides is 1. The zero-order chi connectivity index (χ0) is 13.1. The predicted octanol–water partition coefficient (Wildman–Crippen LogP) is 2.99. The van der Waals surface area contributed by atoms with Crippen LogP contribution in [0.4, 0.5) is 0 Å². The molecule has 1 aromatic carbocycles. The van der Waals surface area contributed by atoms with E-state index in [1.165, 1.54) is 0 Å². The first-order chi connectivity index (χ1) is 8.58. The van der Waals surface area contributed by atoms with Gasteiger partial charge in [-0.05, 0) is 31.0 Å². The predicted molar refractivity (Wildman–Crippen MR) is 74.2 cm³/mol. The van der Waals surface area contributed by atoms with Gasteiger partial charge in [0.2, 0.25) is 0 Å². The highest BCUT2D eigenvalue weighted by atomic mass is 35.5. The minimum atomic E-state index is -0.143. The molecular formula is C13H16Cl2N2O. The van der Waals surface area contributed by atoms with Crippen LogP contribution in [0.5, 0.6) is 0 Å². The molecule has 0 aromatic heterocycles. The second-order valence-electron chi connectivity index (χ2n) is 4.66. The lowest BCUT2D eigenvalue weighted by Gasteiger charge is -2.29. The maximum absolute atomic E-state index is 12.1. The minimum absolute atomic E-state index is 0.0467. The number of nitrogens with two attached hydrogens (primary N) is 1. The first kappa shape index (κ1) is 13.7. The molecule has 0 saturated heterocycles. The topological polar surface area (TPSA) is 55.1 Å². The Balaban J connectivity index is 2.04. The number of halogens is 2. The summed E-state index contributed by atoms with van der Waals surface area (Å²) in [6, 6.07) is 4.97. The molecule has 98 valence electrons. The number of benzene rings is 1. The Bertz CT molecular complexity index is 451. The lowest BCUT2D eigenvalue weighted by molar-refractivity contribution is 0.0921. The SMILES string of the molecule is N[C@H]1CCCC[C@H]1NC(=O)c1ccc(Cl)c(Cl)c1. The van der Waals surface area contributed by atoms with E-state index in [9.17, 15) is 4.79 Å². The number of nitrogens with one attached hydrogen (secondary N) is 1. The van der Waals surface area contributed by atoms with Crippen LogP contribution in [0.15, 0.2) is 18.2 Å². The molecule has 1 aliphatic carbocycles. The van der Waals surface area contributed by atoms with Gasteiger partial charge in [0.15, 0.2) is 0 Å². The Morgan fingerprint density at radius 2 is 1.94 bits per heavy atom. The Labute approximate surface area is 117 Å². The largest absolute Gasteiger partial charge is 0.348 e. The van der Waals surface area contributed by atoms with Gasteiger partial charge in [0.1, 0.15) is 0 Å². The van der Waals surface area contributed by atoms with Gasteiger partial charge >= 0.3 is 0 Å². The van der Waals surface area contributed by atoms with E-state index < -0.39 is 0 Å². The van der Waals surface area contributed by atoms with Crippen molar-refractivity contribution in [3.63, 3.8) is 0 Å². The number of hydrogen-bond donors (Lipinski definition) is 2. The summed E-state index contributed by atoms with van der Waals surface area (Å²) in [6.07, 6.45) is 4.15. The molecule has 1 saturated carbocycles. The number of carbonyl (C=O) groups is 1. The van der Waals surface area contributed by atoms with Gasteiger partial charge in [0.25, 0.3) is 5.91 Å². The average Bonchev–Trinajstić information content (AvgIpc) is 2.35. The molecule has 0 unspecified atom stereocenters. The van der Waals surface area contributed by atoms with E-state index in [2.05, 4.69) is 5.32 Å². The third-order valence-electron chi connectivity index (χ3n) is 3.32. The molecule has 0 spiro atoms. The van der Waals surface area contributed by atoms with Crippen molar-refractivity contribution in [3.8, 4) is 0 Å². The normalized spacial score (nSPS) is 23.7. The number of hydrogen-bond acceptors (Lipinski definition) is 2. The van der Waals surface area contributed by atoms with Gasteiger partial charge in [-0.25, -0.2) is 0 Å². The molecule has 1 aliphatic rings. The Hall–Kier alpha value is -0.770. The molecule has 1 fully saturated rings. The summed E-state index contributed by atoms with van der Waals surface area (Å²) in [5.41, 5.74) is 6.51. The lowest BCUT2D eigenvalue weighted by Crippen LogP contribution is -2.49. The van der Waals surface area contributed by atoms with E-state index in [1.807, 2.05) is 0 Å². The summed E-state index contributed by atoms with van der Waals surface area (Å²) in [6.45, 7) is 0. The van der Waals surface area contributed by atoms with Gasteiger partial charge < -0.3 is 11.1 Å². The zero-order valence-electron chi connectivity index (χ0n) is 9.96. The smallest absolute Gasteiger partial charge is 0.251 e. The third-order valence-corrected chi connectivity index (χ3v) is 4.06. The van der Waals surface area contributed by atoms with Crippen LogP contribution in [0.1, 0.15) is 36.0 Å². The minimum Gasteiger partial charge on any atom is -0.348 e. The Kier molecular flexibility index (Phi) is 4.49. The first-order valence-electron chi connectivity index (χ1n) is 6.09. The summed E-state index contributed by atoms with van der Waals surface area (Å²) >= 11 is 11.7. The fraction of sp³-hybridized carbons (Fsp3) is 0.462. The molecular weight excluding hydrogens is 271 g/mol. The van der Waals surface area contributed by atoms with Crippen LogP contribution in [0, 0.1) is 0 Å². The lowest BCUT2D eigenvalue weighted by atomic mass is 9.91. The van der Waals surface area contributed by atoms with Crippen LogP contribution in [-0.2, 0) is 0 Å². The van der Waals surface area contributed by atoms with Crippen molar-refractivity contribution >= 4 is 29.1 Å². The highest BCUT2D eigenvalue weighted by Crippen LogP contribution is 2.23.